The predicted octanol–water partition coefficient (Wildman–Crippen LogP) is 3.02. The molecule has 0 aliphatic heterocycles. The number of anilines is 1. The largest absolute Gasteiger partial charge is 0.378 e. The number of nitrogens with one attached hydrogen (secondary N) is 1. The number of hydrogen-bond donors (Lipinski definition) is 1. The van der Waals surface area contributed by atoms with Crippen molar-refractivity contribution < 1.29 is 4.74 Å². The Morgan fingerprint density at radius 3 is 2.82 bits per heavy atom. The van der Waals surface area contributed by atoms with Crippen LogP contribution in [-0.4, -0.2) is 24.1 Å². The molecule has 0 unspecified atom stereocenters. The van der Waals surface area contributed by atoms with Crippen molar-refractivity contribution in [3.05, 3.63) is 16.1 Å². The van der Waals surface area contributed by atoms with Gasteiger partial charge in [0.15, 0.2) is 5.13 Å². The molecular weight excluding hydrogens is 254 g/mol. The lowest BCUT2D eigenvalue weighted by Gasteiger charge is -1.94. The van der Waals surface area contributed by atoms with Gasteiger partial charge in [-0.2, -0.15) is 0 Å². The van der Waals surface area contributed by atoms with Crippen LogP contribution in [0.15, 0.2) is 5.38 Å². The summed E-state index contributed by atoms with van der Waals surface area (Å²) in [7, 11) is 3.57. The third kappa shape index (κ3) is 2.65. The summed E-state index contributed by atoms with van der Waals surface area (Å²) in [6.45, 7) is 2.68. The van der Waals surface area contributed by atoms with E-state index >= 15 is 0 Å². The van der Waals surface area contributed by atoms with Crippen LogP contribution in [0.25, 0.3) is 10.6 Å². The molecule has 92 valence electrons. The third-order valence-corrected chi connectivity index (χ3v) is 4.25. The van der Waals surface area contributed by atoms with Gasteiger partial charge in [-0.1, -0.05) is 6.92 Å². The second-order valence-corrected chi connectivity index (χ2v) is 5.40. The van der Waals surface area contributed by atoms with Crippen LogP contribution in [-0.2, 0) is 17.8 Å². The Morgan fingerprint density at radius 2 is 2.24 bits per heavy atom. The Morgan fingerprint density at radius 1 is 1.41 bits per heavy atom. The van der Waals surface area contributed by atoms with Gasteiger partial charge in [-0.25, -0.2) is 9.97 Å². The topological polar surface area (TPSA) is 47.0 Å². The molecule has 2 heterocycles. The Labute approximate surface area is 109 Å². The van der Waals surface area contributed by atoms with E-state index < -0.39 is 0 Å². The average molecular weight is 269 g/mol. The zero-order chi connectivity index (χ0) is 12.3. The highest BCUT2D eigenvalue weighted by molar-refractivity contribution is 7.16. The number of aromatic nitrogens is 2. The van der Waals surface area contributed by atoms with Crippen LogP contribution in [0.3, 0.4) is 0 Å². The van der Waals surface area contributed by atoms with Crippen molar-refractivity contribution in [3.63, 3.8) is 0 Å². The molecule has 17 heavy (non-hydrogen) atoms. The molecule has 2 aromatic rings. The van der Waals surface area contributed by atoms with E-state index in [1.165, 1.54) is 0 Å². The van der Waals surface area contributed by atoms with E-state index in [1.807, 2.05) is 7.05 Å². The van der Waals surface area contributed by atoms with Gasteiger partial charge in [0.1, 0.15) is 5.01 Å². The Bertz CT molecular complexity index is 493. The molecule has 1 N–H and O–H groups in total. The summed E-state index contributed by atoms with van der Waals surface area (Å²) in [4.78, 5) is 10.2. The monoisotopic (exact) mass is 269 g/mol. The summed E-state index contributed by atoms with van der Waals surface area (Å²) in [5.74, 6) is 0. The number of nitrogens with zero attached hydrogens (tertiary/aromatic N) is 2. The molecule has 2 aromatic heterocycles. The van der Waals surface area contributed by atoms with Gasteiger partial charge in [0, 0.05) is 19.5 Å². The van der Waals surface area contributed by atoms with Gasteiger partial charge in [-0.05, 0) is 6.42 Å². The number of thiazole rings is 2. The molecule has 0 aliphatic carbocycles. The molecule has 0 aliphatic rings. The molecule has 0 amide bonds. The fourth-order valence-electron chi connectivity index (χ4n) is 1.52. The van der Waals surface area contributed by atoms with Crippen LogP contribution in [0.4, 0.5) is 5.13 Å². The van der Waals surface area contributed by atoms with Crippen molar-refractivity contribution in [2.45, 2.75) is 20.0 Å². The highest BCUT2D eigenvalue weighted by Crippen LogP contribution is 2.33. The molecule has 0 atom stereocenters. The number of methoxy groups -OCH3 is 1. The van der Waals surface area contributed by atoms with E-state index in [0.717, 1.165) is 32.8 Å². The SMILES string of the molecule is CCc1nc(COC)sc1-c1csc(NC)n1. The summed E-state index contributed by atoms with van der Waals surface area (Å²) in [5, 5.41) is 7.06. The fraction of sp³-hybridized carbons (Fsp3) is 0.455. The van der Waals surface area contributed by atoms with Gasteiger partial charge in [0.25, 0.3) is 0 Å². The molecule has 0 spiro atoms. The van der Waals surface area contributed by atoms with Gasteiger partial charge < -0.3 is 10.1 Å². The summed E-state index contributed by atoms with van der Waals surface area (Å²) >= 11 is 3.28. The summed E-state index contributed by atoms with van der Waals surface area (Å²) in [6.07, 6.45) is 0.919. The average Bonchev–Trinajstić information content (AvgIpc) is 2.94. The zero-order valence-electron chi connectivity index (χ0n) is 10.1. The van der Waals surface area contributed by atoms with Crippen molar-refractivity contribution in [1.29, 1.82) is 0 Å². The van der Waals surface area contributed by atoms with E-state index in [1.54, 1.807) is 29.8 Å². The highest BCUT2D eigenvalue weighted by Gasteiger charge is 2.14. The van der Waals surface area contributed by atoms with Gasteiger partial charge in [-0.15, -0.1) is 22.7 Å². The van der Waals surface area contributed by atoms with Crippen LogP contribution in [0, 0.1) is 0 Å². The maximum atomic E-state index is 5.12. The van der Waals surface area contributed by atoms with Crippen LogP contribution in [0.1, 0.15) is 17.6 Å². The van der Waals surface area contributed by atoms with Crippen LogP contribution < -0.4 is 5.32 Å². The van der Waals surface area contributed by atoms with Crippen LogP contribution >= 0.6 is 22.7 Å². The second-order valence-electron chi connectivity index (χ2n) is 3.46. The van der Waals surface area contributed by atoms with Crippen molar-refractivity contribution >= 4 is 27.8 Å². The minimum atomic E-state index is 0.570. The van der Waals surface area contributed by atoms with Crippen LogP contribution in [0.2, 0.25) is 0 Å². The maximum absolute atomic E-state index is 5.12. The fourth-order valence-corrected chi connectivity index (χ4v) is 3.34. The van der Waals surface area contributed by atoms with E-state index in [-0.39, 0.29) is 0 Å². The molecule has 6 heteroatoms. The van der Waals surface area contributed by atoms with Gasteiger partial charge in [0.2, 0.25) is 0 Å². The molecule has 0 aromatic carbocycles. The molecule has 4 nitrogen and oxygen atoms in total. The highest BCUT2D eigenvalue weighted by atomic mass is 32.1. The zero-order valence-corrected chi connectivity index (χ0v) is 11.7. The van der Waals surface area contributed by atoms with Crippen molar-refractivity contribution in [2.75, 3.05) is 19.5 Å². The van der Waals surface area contributed by atoms with Gasteiger partial charge in [-0.3, -0.25) is 0 Å². The molecular formula is C11H15N3OS2. The van der Waals surface area contributed by atoms with Crippen molar-refractivity contribution in [3.8, 4) is 10.6 Å². The molecule has 0 fully saturated rings. The van der Waals surface area contributed by atoms with E-state index in [0.29, 0.717) is 6.61 Å². The Kier molecular flexibility index (Phi) is 4.09. The number of ether oxygens (including phenoxy) is 1. The quantitative estimate of drug-likeness (QED) is 0.906. The smallest absolute Gasteiger partial charge is 0.182 e. The first-order valence-electron chi connectivity index (χ1n) is 5.39. The molecule has 2 rings (SSSR count). The van der Waals surface area contributed by atoms with E-state index in [2.05, 4.69) is 27.6 Å². The molecule has 0 saturated heterocycles. The first-order chi connectivity index (χ1) is 8.28. The van der Waals surface area contributed by atoms with Gasteiger partial charge in [0.05, 0.1) is 22.9 Å². The molecule has 0 radical (unpaired) electrons. The molecule has 0 bridgehead atoms. The van der Waals surface area contributed by atoms with E-state index in [9.17, 15) is 0 Å². The van der Waals surface area contributed by atoms with Crippen molar-refractivity contribution in [1.82, 2.24) is 9.97 Å². The summed E-state index contributed by atoms with van der Waals surface area (Å²) in [6, 6.07) is 0. The minimum Gasteiger partial charge on any atom is -0.378 e. The molecule has 0 saturated carbocycles. The number of rotatable bonds is 5. The Balaban J connectivity index is 2.35. The first-order valence-corrected chi connectivity index (χ1v) is 7.09. The Hall–Kier alpha value is -0.980. The standard InChI is InChI=1S/C11H15N3OS2/c1-4-7-10(17-9(13-7)5-15-3)8-6-16-11(12-2)14-8/h6H,4-5H2,1-3H3,(H,12,14). The maximum Gasteiger partial charge on any atom is 0.182 e. The number of aryl methyl sites for hydroxylation is 1. The van der Waals surface area contributed by atoms with Gasteiger partial charge >= 0.3 is 0 Å². The summed E-state index contributed by atoms with van der Waals surface area (Å²) in [5.41, 5.74) is 2.12. The third-order valence-electron chi connectivity index (χ3n) is 2.30. The lowest BCUT2D eigenvalue weighted by molar-refractivity contribution is 0.184. The van der Waals surface area contributed by atoms with Crippen molar-refractivity contribution in [2.24, 2.45) is 0 Å². The number of hydrogen-bond acceptors (Lipinski definition) is 6. The normalized spacial score (nSPS) is 10.8. The first kappa shape index (κ1) is 12.5. The minimum absolute atomic E-state index is 0.570. The lowest BCUT2D eigenvalue weighted by atomic mass is 10.2. The lowest BCUT2D eigenvalue weighted by Crippen LogP contribution is -1.88. The summed E-state index contributed by atoms with van der Waals surface area (Å²) < 4.78 is 5.12. The predicted molar refractivity (Wildman–Crippen MR) is 72.9 cm³/mol. The van der Waals surface area contributed by atoms with E-state index in [4.69, 9.17) is 4.74 Å². The second kappa shape index (κ2) is 5.57. The van der Waals surface area contributed by atoms with Crippen LogP contribution in [0.5, 0.6) is 0 Å².